The molecule has 2 rings (SSSR count). The molecule has 6 nitrogen and oxygen atoms in total. The fourth-order valence-electron chi connectivity index (χ4n) is 3.04. The van der Waals surface area contributed by atoms with Crippen molar-refractivity contribution < 1.29 is 38.4 Å². The lowest BCUT2D eigenvalue weighted by atomic mass is 9.93. The van der Waals surface area contributed by atoms with Gasteiger partial charge in [0.15, 0.2) is 0 Å². The quantitative estimate of drug-likeness (QED) is 0.354. The van der Waals surface area contributed by atoms with Crippen LogP contribution in [-0.4, -0.2) is 53.7 Å². The smallest absolute Gasteiger partial charge is 0.264 e. The maximum Gasteiger partial charge on any atom is 0.264 e. The molecular formula is C17H28IN3O3. The van der Waals surface area contributed by atoms with E-state index in [9.17, 15) is 14.7 Å². The number of nitrogens with zero attached hydrogens (tertiary/aromatic N) is 1. The normalized spacial score (nSPS) is 13.8. The van der Waals surface area contributed by atoms with Gasteiger partial charge in [0.05, 0.1) is 33.2 Å². The van der Waals surface area contributed by atoms with Crippen LogP contribution in [0.1, 0.15) is 48.3 Å². The molecule has 1 aromatic heterocycles. The summed E-state index contributed by atoms with van der Waals surface area (Å²) in [7, 11) is 2.13. The van der Waals surface area contributed by atoms with Crippen molar-refractivity contribution in [3.8, 4) is 5.75 Å². The summed E-state index contributed by atoms with van der Waals surface area (Å²) in [5, 5.41) is 13.1. The average molecular weight is 449 g/mol. The van der Waals surface area contributed by atoms with E-state index in [1.165, 1.54) is 0 Å². The first kappa shape index (κ1) is 21.0. The maximum absolute atomic E-state index is 12.3. The van der Waals surface area contributed by atoms with Crippen LogP contribution in [0.25, 0.3) is 0 Å². The molecule has 0 saturated heterocycles. The van der Waals surface area contributed by atoms with E-state index in [2.05, 4.69) is 31.2 Å². The van der Waals surface area contributed by atoms with Gasteiger partial charge in [0.2, 0.25) is 0 Å². The Morgan fingerprint density at radius 1 is 1.25 bits per heavy atom. The summed E-state index contributed by atoms with van der Waals surface area (Å²) in [5.74, 6) is -0.625. The van der Waals surface area contributed by atoms with Crippen LogP contribution < -0.4 is 34.9 Å². The third-order valence-corrected chi connectivity index (χ3v) is 5.17. The molecule has 1 aliphatic rings. The molecule has 136 valence electrons. The molecule has 1 aromatic rings. The van der Waals surface area contributed by atoms with Gasteiger partial charge in [0.1, 0.15) is 11.3 Å². The lowest BCUT2D eigenvalue weighted by Gasteiger charge is -2.32. The number of aromatic nitrogens is 1. The predicted octanol–water partition coefficient (Wildman–Crippen LogP) is -1.82. The Labute approximate surface area is 160 Å². The van der Waals surface area contributed by atoms with E-state index in [1.54, 1.807) is 0 Å². The number of pyridine rings is 1. The van der Waals surface area contributed by atoms with Crippen molar-refractivity contribution >= 4 is 5.91 Å². The van der Waals surface area contributed by atoms with Gasteiger partial charge in [0.25, 0.3) is 11.5 Å². The summed E-state index contributed by atoms with van der Waals surface area (Å²) in [6, 6.07) is 0. The van der Waals surface area contributed by atoms with Gasteiger partial charge in [-0.1, -0.05) is 0 Å². The van der Waals surface area contributed by atoms with Crippen LogP contribution in [0.2, 0.25) is 0 Å². The number of fused-ring (bicyclic) bond motifs is 1. The van der Waals surface area contributed by atoms with E-state index < -0.39 is 11.5 Å². The summed E-state index contributed by atoms with van der Waals surface area (Å²) >= 11 is 0. The minimum atomic E-state index is -0.496. The summed E-state index contributed by atoms with van der Waals surface area (Å²) in [4.78, 5) is 27.2. The van der Waals surface area contributed by atoms with E-state index in [4.69, 9.17) is 0 Å². The predicted molar refractivity (Wildman–Crippen MR) is 89.8 cm³/mol. The van der Waals surface area contributed by atoms with Crippen molar-refractivity contribution in [3.63, 3.8) is 0 Å². The number of aryl methyl sites for hydroxylation is 1. The monoisotopic (exact) mass is 449 g/mol. The molecule has 1 aliphatic carbocycles. The zero-order valence-electron chi connectivity index (χ0n) is 14.7. The fraction of sp³-hybridized carbons (Fsp3) is 0.647. The Morgan fingerprint density at radius 3 is 2.50 bits per heavy atom. The van der Waals surface area contributed by atoms with Crippen LogP contribution in [0.15, 0.2) is 4.79 Å². The van der Waals surface area contributed by atoms with E-state index in [0.29, 0.717) is 13.0 Å². The molecule has 24 heavy (non-hydrogen) atoms. The number of halogens is 1. The highest BCUT2D eigenvalue weighted by Gasteiger charge is 2.24. The SMILES string of the molecule is CC[N+](C)(CC)CCNC(=O)c1c(O)c2c([nH]c1=O)CCCC2.[I-]. The molecule has 1 amide bonds. The lowest BCUT2D eigenvalue weighted by Crippen LogP contribution is -3.00. The second-order valence-corrected chi connectivity index (χ2v) is 6.57. The van der Waals surface area contributed by atoms with Gasteiger partial charge in [-0.3, -0.25) is 9.59 Å². The Morgan fingerprint density at radius 2 is 1.88 bits per heavy atom. The Balaban J connectivity index is 0.00000288. The molecule has 0 saturated carbocycles. The largest absolute Gasteiger partial charge is 1.00 e. The maximum atomic E-state index is 12.3. The van der Waals surface area contributed by atoms with Crippen LogP contribution in [0.5, 0.6) is 5.75 Å². The molecule has 0 aliphatic heterocycles. The molecule has 3 N–H and O–H groups in total. The van der Waals surface area contributed by atoms with Gasteiger partial charge in [-0.25, -0.2) is 0 Å². The van der Waals surface area contributed by atoms with Crippen molar-refractivity contribution in [2.75, 3.05) is 33.2 Å². The molecule has 7 heteroatoms. The number of aromatic hydroxyl groups is 1. The number of H-pyrrole nitrogens is 1. The molecule has 0 unspecified atom stereocenters. The third-order valence-electron chi connectivity index (χ3n) is 5.17. The van der Waals surface area contributed by atoms with Crippen molar-refractivity contribution in [2.24, 2.45) is 0 Å². The fourth-order valence-corrected chi connectivity index (χ4v) is 3.04. The number of hydrogen-bond acceptors (Lipinski definition) is 3. The zero-order valence-corrected chi connectivity index (χ0v) is 16.9. The van der Waals surface area contributed by atoms with Crippen molar-refractivity contribution in [1.29, 1.82) is 0 Å². The summed E-state index contributed by atoms with van der Waals surface area (Å²) in [5.41, 5.74) is 0.858. The first-order valence-electron chi connectivity index (χ1n) is 8.50. The standard InChI is InChI=1S/C17H27N3O3.HI/c1-4-20(3,5-2)11-10-18-16(22)14-15(21)12-8-6-7-9-13(12)19-17(14)23;/h4-11H2,1-3H3,(H2-,18,19,21,22,23);1H. The third kappa shape index (κ3) is 4.50. The van der Waals surface area contributed by atoms with Crippen LogP contribution in [0.3, 0.4) is 0 Å². The highest BCUT2D eigenvalue weighted by atomic mass is 127. The molecule has 0 radical (unpaired) electrons. The van der Waals surface area contributed by atoms with Crippen LogP contribution in [0, 0.1) is 0 Å². The first-order valence-corrected chi connectivity index (χ1v) is 8.50. The van der Waals surface area contributed by atoms with E-state index >= 15 is 0 Å². The second-order valence-electron chi connectivity index (χ2n) is 6.57. The number of amides is 1. The highest BCUT2D eigenvalue weighted by Crippen LogP contribution is 2.28. The van der Waals surface area contributed by atoms with Gasteiger partial charge < -0.3 is 43.9 Å². The number of aromatic amines is 1. The number of carbonyl (C=O) groups excluding carboxylic acids is 1. The van der Waals surface area contributed by atoms with Crippen molar-refractivity contribution in [3.05, 3.63) is 27.2 Å². The van der Waals surface area contributed by atoms with Gasteiger partial charge in [0, 0.05) is 11.3 Å². The average Bonchev–Trinajstić information content (AvgIpc) is 2.54. The minimum absolute atomic E-state index is 0. The Hall–Kier alpha value is -1.09. The zero-order chi connectivity index (χ0) is 17.0. The van der Waals surface area contributed by atoms with Crippen LogP contribution in [0.4, 0.5) is 0 Å². The number of quaternary nitrogens is 1. The Kier molecular flexibility index (Phi) is 7.72. The van der Waals surface area contributed by atoms with Gasteiger partial charge >= 0.3 is 0 Å². The molecule has 0 fully saturated rings. The molecule has 1 heterocycles. The second kappa shape index (κ2) is 8.84. The molecular weight excluding hydrogens is 421 g/mol. The highest BCUT2D eigenvalue weighted by molar-refractivity contribution is 5.96. The van der Waals surface area contributed by atoms with Gasteiger partial charge in [-0.05, 0) is 39.5 Å². The first-order chi connectivity index (χ1) is 10.9. The number of nitrogens with one attached hydrogen (secondary N) is 2. The van der Waals surface area contributed by atoms with Gasteiger partial charge in [-0.15, -0.1) is 0 Å². The Bertz CT molecular complexity index is 639. The molecule has 0 bridgehead atoms. The molecule has 0 aromatic carbocycles. The summed E-state index contributed by atoms with van der Waals surface area (Å²) in [6.45, 7) is 7.47. The van der Waals surface area contributed by atoms with Crippen molar-refractivity contribution in [1.82, 2.24) is 10.3 Å². The number of rotatable bonds is 6. The minimum Gasteiger partial charge on any atom is -1.00 e. The van der Waals surface area contributed by atoms with E-state index in [0.717, 1.165) is 54.6 Å². The number of hydrogen-bond donors (Lipinski definition) is 3. The molecule has 0 spiro atoms. The van der Waals surface area contributed by atoms with E-state index in [1.807, 2.05) is 0 Å². The van der Waals surface area contributed by atoms with Gasteiger partial charge in [-0.2, -0.15) is 0 Å². The summed E-state index contributed by atoms with van der Waals surface area (Å²) in [6.07, 6.45) is 3.43. The van der Waals surface area contributed by atoms with E-state index in [-0.39, 0.29) is 35.3 Å². The summed E-state index contributed by atoms with van der Waals surface area (Å²) < 4.78 is 0.854. The number of likely N-dealkylation sites (N-methyl/N-ethyl adjacent to an activating group) is 1. The van der Waals surface area contributed by atoms with Crippen LogP contribution >= 0.6 is 0 Å². The van der Waals surface area contributed by atoms with Crippen LogP contribution in [-0.2, 0) is 12.8 Å². The topological polar surface area (TPSA) is 82.2 Å². The van der Waals surface area contributed by atoms with Crippen molar-refractivity contribution in [2.45, 2.75) is 39.5 Å². The molecule has 0 atom stereocenters. The lowest BCUT2D eigenvalue weighted by molar-refractivity contribution is -0.904. The number of carbonyl (C=O) groups is 1.